The summed E-state index contributed by atoms with van der Waals surface area (Å²) in [4.78, 5) is 34.2. The predicted octanol–water partition coefficient (Wildman–Crippen LogP) is 1.14. The Morgan fingerprint density at radius 1 is 1.41 bits per heavy atom. The molecule has 0 radical (unpaired) electrons. The first-order valence-corrected chi connectivity index (χ1v) is 5.05. The molecule has 0 saturated heterocycles. The monoisotopic (exact) mass is 239 g/mol. The third-order valence-corrected chi connectivity index (χ3v) is 1.96. The molecule has 1 heterocycles. The van der Waals surface area contributed by atoms with Gasteiger partial charge in [0.1, 0.15) is 17.1 Å². The molecule has 1 aromatic rings. The van der Waals surface area contributed by atoms with Crippen molar-refractivity contribution in [3.63, 3.8) is 0 Å². The quantitative estimate of drug-likeness (QED) is 0.836. The first-order chi connectivity index (χ1) is 7.95. The van der Waals surface area contributed by atoms with Gasteiger partial charge in [-0.25, -0.2) is 4.79 Å². The van der Waals surface area contributed by atoms with Crippen molar-refractivity contribution in [1.82, 2.24) is 5.32 Å². The molecule has 0 saturated carbocycles. The predicted molar refractivity (Wildman–Crippen MR) is 58.9 cm³/mol. The molecular formula is C11H13NO5. The van der Waals surface area contributed by atoms with Crippen LogP contribution in [0, 0.1) is 13.8 Å². The molecule has 0 unspecified atom stereocenters. The van der Waals surface area contributed by atoms with E-state index in [9.17, 15) is 14.4 Å². The van der Waals surface area contributed by atoms with Crippen molar-refractivity contribution in [1.29, 1.82) is 0 Å². The number of alkyl carbamates (subject to hydrolysis) is 1. The molecule has 6 heteroatoms. The van der Waals surface area contributed by atoms with Gasteiger partial charge in [-0.15, -0.1) is 0 Å². The Hall–Kier alpha value is -2.11. The van der Waals surface area contributed by atoms with Crippen LogP contribution in [-0.2, 0) is 4.74 Å². The number of hydrogen-bond donors (Lipinski definition) is 1. The lowest BCUT2D eigenvalue weighted by Crippen LogP contribution is -2.34. The summed E-state index contributed by atoms with van der Waals surface area (Å²) in [6.45, 7) is 4.83. The minimum atomic E-state index is -0.892. The average molecular weight is 239 g/mol. The van der Waals surface area contributed by atoms with E-state index in [1.807, 2.05) is 5.32 Å². The normalized spacial score (nSPS) is 9.82. The Morgan fingerprint density at radius 2 is 2.06 bits per heavy atom. The smallest absolute Gasteiger partial charge is 0.414 e. The minimum Gasteiger partial charge on any atom is -0.466 e. The summed E-state index contributed by atoms with van der Waals surface area (Å²) in [5.74, 6) is -0.258. The highest BCUT2D eigenvalue weighted by Gasteiger charge is 2.18. The zero-order valence-corrected chi connectivity index (χ0v) is 9.83. The lowest BCUT2D eigenvalue weighted by atomic mass is 10.2. The Labute approximate surface area is 97.6 Å². The SMILES string of the molecule is CCOC(=O)NC(=O)c1c(C)oc(C)cc1=O. The molecule has 6 nitrogen and oxygen atoms in total. The van der Waals surface area contributed by atoms with Crippen LogP contribution in [0.1, 0.15) is 28.8 Å². The first-order valence-electron chi connectivity index (χ1n) is 5.05. The van der Waals surface area contributed by atoms with E-state index >= 15 is 0 Å². The van der Waals surface area contributed by atoms with Gasteiger partial charge in [0.05, 0.1) is 6.61 Å². The fraction of sp³-hybridized carbons (Fsp3) is 0.364. The highest BCUT2D eigenvalue weighted by atomic mass is 16.5. The van der Waals surface area contributed by atoms with Gasteiger partial charge in [0, 0.05) is 6.07 Å². The van der Waals surface area contributed by atoms with E-state index in [1.54, 1.807) is 13.8 Å². The number of imide groups is 1. The van der Waals surface area contributed by atoms with E-state index in [-0.39, 0.29) is 17.9 Å². The molecular weight excluding hydrogens is 226 g/mol. The molecule has 0 fully saturated rings. The van der Waals surface area contributed by atoms with E-state index in [0.717, 1.165) is 0 Å². The van der Waals surface area contributed by atoms with Crippen LogP contribution in [-0.4, -0.2) is 18.6 Å². The molecule has 0 atom stereocenters. The number of aryl methyl sites for hydroxylation is 2. The Morgan fingerprint density at radius 3 is 2.59 bits per heavy atom. The summed E-state index contributed by atoms with van der Waals surface area (Å²) < 4.78 is 9.67. The van der Waals surface area contributed by atoms with E-state index in [1.165, 1.54) is 13.0 Å². The van der Waals surface area contributed by atoms with E-state index < -0.39 is 17.4 Å². The van der Waals surface area contributed by atoms with Crippen molar-refractivity contribution in [3.05, 3.63) is 33.4 Å². The van der Waals surface area contributed by atoms with E-state index in [0.29, 0.717) is 5.76 Å². The Bertz CT molecular complexity index is 503. The summed E-state index contributed by atoms with van der Waals surface area (Å²) in [6.07, 6.45) is -0.892. The molecule has 2 amide bonds. The summed E-state index contributed by atoms with van der Waals surface area (Å²) >= 11 is 0. The van der Waals surface area contributed by atoms with Crippen molar-refractivity contribution >= 4 is 12.0 Å². The summed E-state index contributed by atoms with van der Waals surface area (Å²) in [7, 11) is 0. The van der Waals surface area contributed by atoms with Gasteiger partial charge < -0.3 is 9.15 Å². The zero-order chi connectivity index (χ0) is 13.0. The van der Waals surface area contributed by atoms with Crippen LogP contribution in [0.15, 0.2) is 15.3 Å². The molecule has 0 bridgehead atoms. The number of ether oxygens (including phenoxy) is 1. The number of rotatable bonds is 2. The van der Waals surface area contributed by atoms with Crippen LogP contribution in [0.5, 0.6) is 0 Å². The van der Waals surface area contributed by atoms with Crippen molar-refractivity contribution in [2.24, 2.45) is 0 Å². The number of nitrogens with one attached hydrogen (secondary N) is 1. The van der Waals surface area contributed by atoms with Crippen LogP contribution >= 0.6 is 0 Å². The molecule has 0 aliphatic rings. The highest BCUT2D eigenvalue weighted by molar-refractivity contribution is 6.03. The second kappa shape index (κ2) is 5.29. The van der Waals surface area contributed by atoms with Crippen molar-refractivity contribution in [2.75, 3.05) is 6.61 Å². The molecule has 92 valence electrons. The third-order valence-electron chi connectivity index (χ3n) is 1.96. The highest BCUT2D eigenvalue weighted by Crippen LogP contribution is 2.05. The van der Waals surface area contributed by atoms with Crippen LogP contribution in [0.3, 0.4) is 0 Å². The summed E-state index contributed by atoms with van der Waals surface area (Å²) in [5, 5.41) is 1.94. The fourth-order valence-corrected chi connectivity index (χ4v) is 1.35. The molecule has 1 N–H and O–H groups in total. The molecule has 0 aliphatic heterocycles. The third kappa shape index (κ3) is 3.17. The largest absolute Gasteiger partial charge is 0.466 e. The van der Waals surface area contributed by atoms with Crippen molar-refractivity contribution in [3.8, 4) is 0 Å². The van der Waals surface area contributed by atoms with Gasteiger partial charge in [-0.3, -0.25) is 14.9 Å². The van der Waals surface area contributed by atoms with Crippen molar-refractivity contribution in [2.45, 2.75) is 20.8 Å². The lowest BCUT2D eigenvalue weighted by molar-refractivity contribution is 0.0920. The first kappa shape index (κ1) is 13.0. The van der Waals surface area contributed by atoms with Crippen molar-refractivity contribution < 1.29 is 18.7 Å². The molecule has 1 rings (SSSR count). The van der Waals surface area contributed by atoms with Crippen LogP contribution < -0.4 is 10.7 Å². The van der Waals surface area contributed by atoms with Gasteiger partial charge in [0.2, 0.25) is 0 Å². The number of carbonyl (C=O) groups excluding carboxylic acids is 2. The van der Waals surface area contributed by atoms with Crippen LogP contribution in [0.2, 0.25) is 0 Å². The van der Waals surface area contributed by atoms with Crippen LogP contribution in [0.25, 0.3) is 0 Å². The molecule has 0 aromatic carbocycles. The molecule has 1 aromatic heterocycles. The summed E-state index contributed by atoms with van der Waals surface area (Å²) in [6, 6.07) is 1.19. The van der Waals surface area contributed by atoms with Gasteiger partial charge in [-0.05, 0) is 20.8 Å². The number of amides is 2. The molecule has 17 heavy (non-hydrogen) atoms. The van der Waals surface area contributed by atoms with Gasteiger partial charge in [0.15, 0.2) is 5.43 Å². The lowest BCUT2D eigenvalue weighted by Gasteiger charge is -2.05. The second-order valence-corrected chi connectivity index (χ2v) is 3.33. The number of carbonyl (C=O) groups is 2. The van der Waals surface area contributed by atoms with E-state index in [2.05, 4.69) is 4.74 Å². The number of hydrogen-bond acceptors (Lipinski definition) is 5. The van der Waals surface area contributed by atoms with Crippen LogP contribution in [0.4, 0.5) is 4.79 Å². The zero-order valence-electron chi connectivity index (χ0n) is 9.83. The van der Waals surface area contributed by atoms with Gasteiger partial charge in [-0.2, -0.15) is 0 Å². The second-order valence-electron chi connectivity index (χ2n) is 3.33. The van der Waals surface area contributed by atoms with Gasteiger partial charge in [0.25, 0.3) is 5.91 Å². The standard InChI is InChI=1S/C11H13NO5/c1-4-16-11(15)12-10(14)9-7(3)17-6(2)5-8(9)13/h5H,4H2,1-3H3,(H,12,14,15). The maximum absolute atomic E-state index is 11.6. The fourth-order valence-electron chi connectivity index (χ4n) is 1.35. The maximum atomic E-state index is 11.6. The Kier molecular flexibility index (Phi) is 4.03. The average Bonchev–Trinajstić information content (AvgIpc) is 2.15. The molecule has 0 aliphatic carbocycles. The topological polar surface area (TPSA) is 85.6 Å². The molecule has 0 spiro atoms. The van der Waals surface area contributed by atoms with Gasteiger partial charge in [-0.1, -0.05) is 0 Å². The minimum absolute atomic E-state index is 0.139. The Balaban J connectivity index is 2.98. The van der Waals surface area contributed by atoms with E-state index in [4.69, 9.17) is 4.42 Å². The van der Waals surface area contributed by atoms with Gasteiger partial charge >= 0.3 is 6.09 Å². The summed E-state index contributed by atoms with van der Waals surface area (Å²) in [5.41, 5.74) is -0.684. The maximum Gasteiger partial charge on any atom is 0.414 e.